The van der Waals surface area contributed by atoms with Crippen LogP contribution in [-0.4, -0.2) is 36.3 Å². The largest absolute Gasteiger partial charge is 1.00 e. The smallest absolute Gasteiger partial charge is 0.122 e. The quantitative estimate of drug-likeness (QED) is 0.448. The number of halogens is 2. The van der Waals surface area contributed by atoms with Crippen molar-refractivity contribution in [1.82, 2.24) is 0 Å². The molecule has 2 rings (SSSR count). The second-order valence-electron chi connectivity index (χ2n) is 2.30. The van der Waals surface area contributed by atoms with Crippen LogP contribution in [0.5, 0.6) is 0 Å². The Morgan fingerprint density at radius 2 is 1.17 bits per heavy atom. The van der Waals surface area contributed by atoms with Gasteiger partial charge in [-0.05, 0) is 0 Å². The lowest BCUT2D eigenvalue weighted by Gasteiger charge is -1.72. The van der Waals surface area contributed by atoms with Gasteiger partial charge in [-0.25, -0.2) is 0 Å². The molecule has 0 radical (unpaired) electrons. The minimum atomic E-state index is 0. The van der Waals surface area contributed by atoms with Gasteiger partial charge in [-0.1, -0.05) is 23.5 Å². The predicted octanol–water partition coefficient (Wildman–Crippen LogP) is -7.48. The summed E-state index contributed by atoms with van der Waals surface area (Å²) in [5, 5.41) is 4.65. The molecule has 2 aliphatic rings. The van der Waals surface area contributed by atoms with Crippen LogP contribution in [0.4, 0.5) is 0 Å². The van der Waals surface area contributed by atoms with Crippen molar-refractivity contribution in [3.05, 3.63) is 0 Å². The lowest BCUT2D eigenvalue weighted by atomic mass is 10.8. The maximum Gasteiger partial charge on any atom is 0.122 e. The van der Waals surface area contributed by atoms with Gasteiger partial charge in [0, 0.05) is 11.5 Å². The molecule has 0 aromatic carbocycles. The van der Waals surface area contributed by atoms with Crippen LogP contribution in [0.3, 0.4) is 0 Å². The van der Waals surface area contributed by atoms with Gasteiger partial charge in [0.2, 0.25) is 0 Å². The Hall–Kier alpha value is 1.20. The van der Waals surface area contributed by atoms with Crippen LogP contribution in [0.25, 0.3) is 0 Å². The fourth-order valence-corrected chi connectivity index (χ4v) is 2.50. The molecule has 2 heterocycles. The van der Waals surface area contributed by atoms with Crippen molar-refractivity contribution in [3.8, 4) is 0 Å². The van der Waals surface area contributed by atoms with Gasteiger partial charge in [0.1, 0.15) is 11.8 Å². The molecule has 0 saturated carbocycles. The van der Waals surface area contributed by atoms with Crippen molar-refractivity contribution in [2.45, 2.75) is 0 Å². The van der Waals surface area contributed by atoms with Crippen LogP contribution in [0, 0.1) is 0 Å². The molecule has 2 saturated heterocycles. The lowest BCUT2D eigenvalue weighted by Crippen LogP contribution is -3.00. The predicted molar refractivity (Wildman–Crippen MR) is 48.2 cm³/mol. The second-order valence-corrected chi connectivity index (χ2v) is 4.60. The molecule has 0 atom stereocenters. The molecule has 0 aromatic heterocycles. The molecule has 4 N–H and O–H groups in total. The Kier molecular flexibility index (Phi) is 15.9. The highest BCUT2D eigenvalue weighted by molar-refractivity contribution is 7.99. The van der Waals surface area contributed by atoms with E-state index in [0.29, 0.717) is 0 Å². The lowest BCUT2D eigenvalue weighted by molar-refractivity contribution is -0.626. The Labute approximate surface area is 95.2 Å². The van der Waals surface area contributed by atoms with E-state index < -0.39 is 0 Å². The summed E-state index contributed by atoms with van der Waals surface area (Å²) in [6.45, 7) is 2.68. The first-order valence-corrected chi connectivity index (χ1v) is 6.10. The number of nitrogens with two attached hydrogens (primary N) is 2. The zero-order valence-electron chi connectivity index (χ0n) is 6.97. The number of quaternary nitrogens is 2. The van der Waals surface area contributed by atoms with Crippen molar-refractivity contribution in [3.63, 3.8) is 0 Å². The summed E-state index contributed by atoms with van der Waals surface area (Å²) in [5.74, 6) is 5.31. The Bertz CT molecular complexity index is 54.7. The van der Waals surface area contributed by atoms with E-state index in [0.717, 1.165) is 0 Å². The van der Waals surface area contributed by atoms with Crippen molar-refractivity contribution >= 4 is 23.5 Å². The summed E-state index contributed by atoms with van der Waals surface area (Å²) < 4.78 is 0. The van der Waals surface area contributed by atoms with E-state index in [4.69, 9.17) is 0 Å². The summed E-state index contributed by atoms with van der Waals surface area (Å²) in [4.78, 5) is 0. The number of rotatable bonds is 0. The molecule has 12 heavy (non-hydrogen) atoms. The molecule has 2 fully saturated rings. The average molecular weight is 251 g/mol. The van der Waals surface area contributed by atoms with Gasteiger partial charge in [0.05, 0.1) is 13.1 Å². The molecule has 76 valence electrons. The Balaban J connectivity index is 0. The van der Waals surface area contributed by atoms with Gasteiger partial charge < -0.3 is 35.4 Å². The first-order chi connectivity index (χ1) is 5.00. The molecule has 0 aromatic rings. The topological polar surface area (TPSA) is 33.2 Å². The van der Waals surface area contributed by atoms with Gasteiger partial charge in [0.25, 0.3) is 0 Å². The summed E-state index contributed by atoms with van der Waals surface area (Å²) >= 11 is 4.04. The monoisotopic (exact) mass is 250 g/mol. The molecule has 0 amide bonds. The van der Waals surface area contributed by atoms with Crippen LogP contribution < -0.4 is 35.4 Å². The van der Waals surface area contributed by atoms with Crippen molar-refractivity contribution < 1.29 is 35.4 Å². The van der Waals surface area contributed by atoms with Gasteiger partial charge in [0.15, 0.2) is 0 Å². The zero-order valence-corrected chi connectivity index (χ0v) is 10.1. The van der Waals surface area contributed by atoms with Crippen LogP contribution in [-0.2, 0) is 0 Å². The maximum atomic E-state index is 2.32. The summed E-state index contributed by atoms with van der Waals surface area (Å²) in [5.41, 5.74) is 0. The molecule has 2 nitrogen and oxygen atoms in total. The van der Waals surface area contributed by atoms with Crippen LogP contribution >= 0.6 is 23.5 Å². The van der Waals surface area contributed by atoms with Crippen molar-refractivity contribution in [2.75, 3.05) is 36.3 Å². The van der Waals surface area contributed by atoms with Crippen LogP contribution in [0.1, 0.15) is 0 Å². The number of hydrogen-bond donors (Lipinski definition) is 2. The second kappa shape index (κ2) is 12.2. The van der Waals surface area contributed by atoms with E-state index in [9.17, 15) is 0 Å². The fraction of sp³-hybridized carbons (Fsp3) is 1.00. The minimum Gasteiger partial charge on any atom is -1.00 e. The molecule has 0 unspecified atom stereocenters. The van der Waals surface area contributed by atoms with Gasteiger partial charge in [-0.15, -0.1) is 0 Å². The third-order valence-corrected chi connectivity index (χ3v) is 3.40. The van der Waals surface area contributed by atoms with E-state index in [-0.39, 0.29) is 24.8 Å². The zero-order chi connectivity index (χ0) is 7.07. The summed E-state index contributed by atoms with van der Waals surface area (Å²) in [6, 6.07) is 0. The van der Waals surface area contributed by atoms with Gasteiger partial charge in [-0.2, -0.15) is 0 Å². The maximum absolute atomic E-state index is 2.32. The van der Waals surface area contributed by atoms with E-state index in [2.05, 4.69) is 10.6 Å². The van der Waals surface area contributed by atoms with Gasteiger partial charge in [-0.3, -0.25) is 0 Å². The summed E-state index contributed by atoms with van der Waals surface area (Å²) in [7, 11) is 0. The molecule has 0 spiro atoms. The Morgan fingerprint density at radius 3 is 1.25 bits per heavy atom. The molecule has 0 bridgehead atoms. The van der Waals surface area contributed by atoms with Crippen molar-refractivity contribution in [1.29, 1.82) is 0 Å². The Morgan fingerprint density at radius 1 is 0.750 bits per heavy atom. The molecular formula is C6H16Cl2N2S2. The van der Waals surface area contributed by atoms with Crippen molar-refractivity contribution in [2.24, 2.45) is 0 Å². The average Bonchev–Trinajstić information content (AvgIpc) is 2.67. The highest BCUT2D eigenvalue weighted by Gasteiger charge is 1.98. The SMILES string of the molecule is C1CSC[NH2+]1.C1CSC[NH2+]1.[Cl-].[Cl-]. The van der Waals surface area contributed by atoms with Crippen LogP contribution in [0.15, 0.2) is 0 Å². The standard InChI is InChI=1S/2C3H7NS.2ClH/c2*1-2-5-3-4-1;;/h2*4H,1-3H2;2*1H. The third-order valence-electron chi connectivity index (χ3n) is 1.40. The highest BCUT2D eigenvalue weighted by atomic mass is 35.5. The van der Waals surface area contributed by atoms with E-state index >= 15 is 0 Å². The number of hydrogen-bond acceptors (Lipinski definition) is 2. The van der Waals surface area contributed by atoms with E-state index in [1.54, 1.807) is 0 Å². The molecule has 2 aliphatic heterocycles. The highest BCUT2D eigenvalue weighted by Crippen LogP contribution is 1.93. The number of thioether (sulfide) groups is 2. The van der Waals surface area contributed by atoms with Gasteiger partial charge >= 0.3 is 0 Å². The normalized spacial score (nSPS) is 20.0. The summed E-state index contributed by atoms with van der Waals surface area (Å²) in [6.07, 6.45) is 0. The first kappa shape index (κ1) is 15.7. The van der Waals surface area contributed by atoms with E-state index in [1.165, 1.54) is 36.3 Å². The first-order valence-electron chi connectivity index (χ1n) is 3.79. The van der Waals surface area contributed by atoms with Crippen LogP contribution in [0.2, 0.25) is 0 Å². The molecule has 6 heteroatoms. The van der Waals surface area contributed by atoms with E-state index in [1.807, 2.05) is 23.5 Å². The fourth-order valence-electron chi connectivity index (χ4n) is 0.833. The third kappa shape index (κ3) is 9.29. The minimum absolute atomic E-state index is 0. The molecule has 0 aliphatic carbocycles. The molecular weight excluding hydrogens is 235 g/mol.